The fourth-order valence-electron chi connectivity index (χ4n) is 1.54. The fourth-order valence-corrected chi connectivity index (χ4v) is 2.17. The van der Waals surface area contributed by atoms with Crippen molar-refractivity contribution in [3.63, 3.8) is 0 Å². The quantitative estimate of drug-likeness (QED) is 0.751. The molecule has 5 heteroatoms. The molecule has 2 heterocycles. The summed E-state index contributed by atoms with van der Waals surface area (Å²) in [5.41, 5.74) is 7.53. The van der Waals surface area contributed by atoms with Crippen LogP contribution < -0.4 is 5.73 Å². The Hall–Kier alpha value is -2.14. The Morgan fingerprint density at radius 3 is 2.65 bits per heavy atom. The highest BCUT2D eigenvalue weighted by Crippen LogP contribution is 2.30. The van der Waals surface area contributed by atoms with Gasteiger partial charge in [-0.2, -0.15) is 4.98 Å². The molecule has 0 bridgehead atoms. The summed E-state index contributed by atoms with van der Waals surface area (Å²) in [5.74, 6) is 1.04. The lowest BCUT2D eigenvalue weighted by molar-refractivity contribution is 0.432. The van der Waals surface area contributed by atoms with Gasteiger partial charge in [-0.3, -0.25) is 0 Å². The minimum atomic E-state index is 0.461. The lowest BCUT2D eigenvalue weighted by Crippen LogP contribution is -1.83. The second-order valence-corrected chi connectivity index (χ2v) is 4.44. The van der Waals surface area contributed by atoms with E-state index in [0.717, 1.165) is 11.1 Å². The first-order valence-corrected chi connectivity index (χ1v) is 5.95. The van der Waals surface area contributed by atoms with E-state index >= 15 is 0 Å². The van der Waals surface area contributed by atoms with Gasteiger partial charge in [-0.25, -0.2) is 0 Å². The minimum absolute atomic E-state index is 0.461. The van der Waals surface area contributed by atoms with Crippen LogP contribution in [-0.4, -0.2) is 10.1 Å². The third-order valence-electron chi connectivity index (χ3n) is 2.38. The monoisotopic (exact) mass is 243 g/mol. The second kappa shape index (κ2) is 4.03. The maximum atomic E-state index is 5.81. The normalized spacial score (nSPS) is 10.6. The van der Waals surface area contributed by atoms with Gasteiger partial charge in [0.2, 0.25) is 5.82 Å². The molecule has 4 nitrogen and oxygen atoms in total. The highest BCUT2D eigenvalue weighted by molar-refractivity contribution is 7.14. The van der Waals surface area contributed by atoms with Crippen molar-refractivity contribution in [1.29, 1.82) is 0 Å². The van der Waals surface area contributed by atoms with Crippen LogP contribution in [0, 0.1) is 0 Å². The standard InChI is InChI=1S/C12H9N3OS/c13-10-9(6-7-17-10)12-14-11(15-16-12)8-4-2-1-3-5-8/h1-7H,13H2. The number of rotatable bonds is 2. The molecule has 0 saturated carbocycles. The molecule has 0 aliphatic heterocycles. The minimum Gasteiger partial charge on any atom is -0.390 e. The highest BCUT2D eigenvalue weighted by Gasteiger charge is 2.13. The molecule has 2 aromatic heterocycles. The topological polar surface area (TPSA) is 64.9 Å². The molecular formula is C12H9N3OS. The Kier molecular flexibility index (Phi) is 2.38. The van der Waals surface area contributed by atoms with E-state index in [1.54, 1.807) is 0 Å². The van der Waals surface area contributed by atoms with E-state index in [1.807, 2.05) is 41.8 Å². The zero-order chi connectivity index (χ0) is 11.7. The first-order chi connectivity index (χ1) is 8.34. The van der Waals surface area contributed by atoms with Crippen molar-refractivity contribution in [2.75, 3.05) is 5.73 Å². The van der Waals surface area contributed by atoms with Crippen LogP contribution in [0.4, 0.5) is 5.00 Å². The van der Waals surface area contributed by atoms with Crippen LogP contribution in [0.1, 0.15) is 0 Å². The smallest absolute Gasteiger partial charge is 0.261 e. The van der Waals surface area contributed by atoms with Crippen molar-refractivity contribution in [2.24, 2.45) is 0 Å². The summed E-state index contributed by atoms with van der Waals surface area (Å²) in [7, 11) is 0. The first kappa shape index (κ1) is 10.0. The Morgan fingerprint density at radius 1 is 1.12 bits per heavy atom. The molecule has 0 fully saturated rings. The van der Waals surface area contributed by atoms with Gasteiger partial charge in [0.15, 0.2) is 0 Å². The van der Waals surface area contributed by atoms with Gasteiger partial charge in [0.1, 0.15) is 0 Å². The van der Waals surface area contributed by atoms with E-state index in [1.165, 1.54) is 11.3 Å². The number of aromatic nitrogens is 2. The number of thiophene rings is 1. The third kappa shape index (κ3) is 1.81. The van der Waals surface area contributed by atoms with Gasteiger partial charge in [0.05, 0.1) is 10.6 Å². The van der Waals surface area contributed by atoms with Crippen LogP contribution in [0.25, 0.3) is 22.8 Å². The molecule has 0 aliphatic carbocycles. The molecule has 0 radical (unpaired) electrons. The SMILES string of the molecule is Nc1sccc1-c1nc(-c2ccccc2)no1. The molecular weight excluding hydrogens is 234 g/mol. The summed E-state index contributed by atoms with van der Waals surface area (Å²) in [5, 5.41) is 6.53. The molecule has 0 atom stereocenters. The lowest BCUT2D eigenvalue weighted by Gasteiger charge is -1.91. The number of anilines is 1. The fraction of sp³-hybridized carbons (Fsp3) is 0. The molecule has 1 aromatic carbocycles. The molecule has 84 valence electrons. The van der Waals surface area contributed by atoms with Gasteiger partial charge < -0.3 is 10.3 Å². The highest BCUT2D eigenvalue weighted by atomic mass is 32.1. The summed E-state index contributed by atoms with van der Waals surface area (Å²) < 4.78 is 5.21. The van der Waals surface area contributed by atoms with Gasteiger partial charge in [-0.05, 0) is 11.4 Å². The molecule has 3 rings (SSSR count). The van der Waals surface area contributed by atoms with E-state index in [-0.39, 0.29) is 0 Å². The predicted octanol–water partition coefficient (Wildman–Crippen LogP) is 3.05. The van der Waals surface area contributed by atoms with Crippen LogP contribution in [0.15, 0.2) is 46.3 Å². The molecule has 0 saturated heterocycles. The average molecular weight is 243 g/mol. The van der Waals surface area contributed by atoms with E-state index in [4.69, 9.17) is 10.3 Å². The Labute approximate surface area is 102 Å². The van der Waals surface area contributed by atoms with Crippen LogP contribution in [0.5, 0.6) is 0 Å². The van der Waals surface area contributed by atoms with Crippen LogP contribution >= 0.6 is 11.3 Å². The van der Waals surface area contributed by atoms with Crippen LogP contribution in [0.3, 0.4) is 0 Å². The summed E-state index contributed by atoms with van der Waals surface area (Å²) in [6.45, 7) is 0. The third-order valence-corrected chi connectivity index (χ3v) is 3.13. The molecule has 0 amide bonds. The average Bonchev–Trinajstić information content (AvgIpc) is 2.98. The Bertz CT molecular complexity index is 630. The van der Waals surface area contributed by atoms with Crippen LogP contribution in [0.2, 0.25) is 0 Å². The van der Waals surface area contributed by atoms with Crippen molar-refractivity contribution in [3.05, 3.63) is 41.8 Å². The number of nitrogens with zero attached hydrogens (tertiary/aromatic N) is 2. The van der Waals surface area contributed by atoms with E-state index < -0.39 is 0 Å². The maximum Gasteiger partial charge on any atom is 0.261 e. The molecule has 0 aliphatic rings. The van der Waals surface area contributed by atoms with Gasteiger partial charge in [-0.1, -0.05) is 35.5 Å². The van der Waals surface area contributed by atoms with E-state index in [9.17, 15) is 0 Å². The van der Waals surface area contributed by atoms with Crippen molar-refractivity contribution >= 4 is 16.3 Å². The Balaban J connectivity index is 2.02. The first-order valence-electron chi connectivity index (χ1n) is 5.07. The predicted molar refractivity (Wildman–Crippen MR) is 67.5 cm³/mol. The van der Waals surface area contributed by atoms with Crippen LogP contribution in [-0.2, 0) is 0 Å². The van der Waals surface area contributed by atoms with Gasteiger partial charge >= 0.3 is 0 Å². The van der Waals surface area contributed by atoms with Crippen molar-refractivity contribution in [1.82, 2.24) is 10.1 Å². The lowest BCUT2D eigenvalue weighted by atomic mass is 10.2. The second-order valence-electron chi connectivity index (χ2n) is 3.49. The summed E-state index contributed by atoms with van der Waals surface area (Å²) in [6, 6.07) is 11.6. The number of nitrogen functional groups attached to an aromatic ring is 1. The maximum absolute atomic E-state index is 5.81. The summed E-state index contributed by atoms with van der Waals surface area (Å²) in [6.07, 6.45) is 0. The Morgan fingerprint density at radius 2 is 1.94 bits per heavy atom. The largest absolute Gasteiger partial charge is 0.390 e. The molecule has 0 unspecified atom stereocenters. The van der Waals surface area contributed by atoms with E-state index in [0.29, 0.717) is 16.7 Å². The summed E-state index contributed by atoms with van der Waals surface area (Å²) >= 11 is 1.45. The summed E-state index contributed by atoms with van der Waals surface area (Å²) in [4.78, 5) is 4.33. The van der Waals surface area contributed by atoms with Crippen molar-refractivity contribution < 1.29 is 4.52 Å². The van der Waals surface area contributed by atoms with Gasteiger partial charge in [0, 0.05) is 5.56 Å². The number of hydrogen-bond acceptors (Lipinski definition) is 5. The molecule has 2 N–H and O–H groups in total. The number of nitrogens with two attached hydrogens (primary N) is 1. The van der Waals surface area contributed by atoms with Crippen molar-refractivity contribution in [3.8, 4) is 22.8 Å². The number of benzene rings is 1. The molecule has 0 spiro atoms. The zero-order valence-electron chi connectivity index (χ0n) is 8.83. The molecule has 17 heavy (non-hydrogen) atoms. The van der Waals surface area contributed by atoms with Crippen molar-refractivity contribution in [2.45, 2.75) is 0 Å². The van der Waals surface area contributed by atoms with Gasteiger partial charge in [-0.15, -0.1) is 11.3 Å². The van der Waals surface area contributed by atoms with Gasteiger partial charge in [0.25, 0.3) is 5.89 Å². The molecule has 3 aromatic rings. The zero-order valence-corrected chi connectivity index (χ0v) is 9.65. The van der Waals surface area contributed by atoms with E-state index in [2.05, 4.69) is 10.1 Å². The number of hydrogen-bond donors (Lipinski definition) is 1.